The molecule has 0 aliphatic carbocycles. The molecular weight excluding hydrogens is 323 g/mol. The first-order chi connectivity index (χ1) is 10.5. The number of hydrogen-bond acceptors (Lipinski definition) is 1. The third-order valence-electron chi connectivity index (χ3n) is 3.84. The van der Waals surface area contributed by atoms with Gasteiger partial charge >= 0.3 is 150 Å². The standard InChI is InChI=1S/C20H28S.V/c1-7-9-16(5)14-21-18-11-12-19(15(3)4)20(13-18)17(6)10-8-2;/h5,7,9,11-13,15,17H,1,8,10,14H2,2-4,6H3;/b16-9+;. The Morgan fingerprint density at radius 3 is 2.55 bits per heavy atom. The van der Waals surface area contributed by atoms with Crippen molar-refractivity contribution < 1.29 is 17.0 Å². The summed E-state index contributed by atoms with van der Waals surface area (Å²) in [4.78, 5) is 1.37. The van der Waals surface area contributed by atoms with Crippen LogP contribution in [0, 0.1) is 0 Å². The number of benzene rings is 1. The molecule has 0 nitrogen and oxygen atoms in total. The van der Waals surface area contributed by atoms with Gasteiger partial charge in [-0.2, -0.15) is 0 Å². The van der Waals surface area contributed by atoms with E-state index in [0.29, 0.717) is 11.8 Å². The van der Waals surface area contributed by atoms with Crippen molar-refractivity contribution in [3.05, 3.63) is 53.6 Å². The molecule has 119 valence electrons. The summed E-state index contributed by atoms with van der Waals surface area (Å²) in [6.45, 7) is 13.0. The summed E-state index contributed by atoms with van der Waals surface area (Å²) in [5.41, 5.74) is 4.34. The fourth-order valence-electron chi connectivity index (χ4n) is 2.63. The number of thioether (sulfide) groups is 1. The van der Waals surface area contributed by atoms with E-state index in [0.717, 1.165) is 5.75 Å². The Balaban J connectivity index is 2.98. The minimum atomic E-state index is 0.589. The Labute approximate surface area is 150 Å². The zero-order valence-electron chi connectivity index (χ0n) is 14.3. The molecule has 1 unspecified atom stereocenters. The zero-order valence-corrected chi connectivity index (χ0v) is 16.5. The quantitative estimate of drug-likeness (QED) is 0.373. The van der Waals surface area contributed by atoms with Crippen LogP contribution in [0.1, 0.15) is 63.5 Å². The van der Waals surface area contributed by atoms with Crippen LogP contribution in [-0.2, 0) is 17.0 Å². The summed E-state index contributed by atoms with van der Waals surface area (Å²) in [6, 6.07) is 7.02. The molecule has 0 spiro atoms. The van der Waals surface area contributed by atoms with E-state index >= 15 is 0 Å². The van der Waals surface area contributed by atoms with Gasteiger partial charge in [0.05, 0.1) is 0 Å². The average Bonchev–Trinajstić information content (AvgIpc) is 2.51. The van der Waals surface area contributed by atoms with Crippen LogP contribution in [0.25, 0.3) is 0 Å². The van der Waals surface area contributed by atoms with Crippen LogP contribution in [0.2, 0.25) is 0 Å². The summed E-state index contributed by atoms with van der Waals surface area (Å²) in [5, 5.41) is 0. The van der Waals surface area contributed by atoms with Crippen molar-refractivity contribution in [3.63, 3.8) is 0 Å². The summed E-state index contributed by atoms with van der Waals surface area (Å²) in [5.74, 6) is 2.22. The first-order valence-electron chi connectivity index (χ1n) is 8.09. The molecule has 0 aliphatic heterocycles. The van der Waals surface area contributed by atoms with E-state index < -0.39 is 0 Å². The molecule has 0 radical (unpaired) electrons. The molecule has 22 heavy (non-hydrogen) atoms. The molecular formula is C20H28SV. The third-order valence-corrected chi connectivity index (χ3v) is 5.42. The molecule has 1 rings (SSSR count). The van der Waals surface area contributed by atoms with Gasteiger partial charge in [-0.15, -0.1) is 0 Å². The van der Waals surface area contributed by atoms with Crippen molar-refractivity contribution in [2.45, 2.75) is 57.3 Å². The molecule has 0 heterocycles. The van der Waals surface area contributed by atoms with Gasteiger partial charge in [0.25, 0.3) is 0 Å². The Kier molecular flexibility index (Phi) is 9.16. The van der Waals surface area contributed by atoms with Crippen LogP contribution in [-0.4, -0.2) is 10.5 Å². The van der Waals surface area contributed by atoms with Gasteiger partial charge in [0.1, 0.15) is 0 Å². The van der Waals surface area contributed by atoms with Crippen molar-refractivity contribution in [3.8, 4) is 0 Å². The van der Waals surface area contributed by atoms with Crippen molar-refractivity contribution in [2.24, 2.45) is 0 Å². The van der Waals surface area contributed by atoms with E-state index in [9.17, 15) is 0 Å². The topological polar surface area (TPSA) is 0 Å². The second-order valence-electron chi connectivity index (χ2n) is 6.03. The van der Waals surface area contributed by atoms with Crippen molar-refractivity contribution in [2.75, 3.05) is 5.75 Å². The van der Waals surface area contributed by atoms with E-state index in [1.807, 2.05) is 17.8 Å². The van der Waals surface area contributed by atoms with Gasteiger partial charge in [-0.1, -0.05) is 0 Å². The van der Waals surface area contributed by atoms with Crippen molar-refractivity contribution >= 4 is 16.5 Å². The van der Waals surface area contributed by atoms with Crippen LogP contribution < -0.4 is 0 Å². The molecule has 0 amide bonds. The minimum absolute atomic E-state index is 0.589. The Hall–Kier alpha value is -0.496. The number of allylic oxidation sites excluding steroid dienone is 2. The van der Waals surface area contributed by atoms with E-state index in [1.165, 1.54) is 34.4 Å². The van der Waals surface area contributed by atoms with Gasteiger partial charge < -0.3 is 0 Å². The Morgan fingerprint density at radius 1 is 1.27 bits per heavy atom. The van der Waals surface area contributed by atoms with Crippen LogP contribution in [0.3, 0.4) is 0 Å². The fourth-order valence-corrected chi connectivity index (χ4v) is 3.99. The molecule has 0 saturated carbocycles. The molecule has 2 heteroatoms. The van der Waals surface area contributed by atoms with Gasteiger partial charge in [-0.3, -0.25) is 0 Å². The van der Waals surface area contributed by atoms with Gasteiger partial charge in [-0.25, -0.2) is 0 Å². The summed E-state index contributed by atoms with van der Waals surface area (Å²) in [6.07, 6.45) is 6.44. The molecule has 1 aromatic rings. The van der Waals surface area contributed by atoms with Crippen LogP contribution in [0.4, 0.5) is 0 Å². The molecule has 0 aliphatic rings. The summed E-state index contributed by atoms with van der Waals surface area (Å²) < 4.78 is 2.10. The molecule has 0 bridgehead atoms. The maximum absolute atomic E-state index is 3.78. The Morgan fingerprint density at radius 2 is 2.00 bits per heavy atom. The van der Waals surface area contributed by atoms with Gasteiger partial charge in [0.15, 0.2) is 0 Å². The SMILES string of the molecule is C=C/C=C(\[CH]=[V])CSc1ccc(C(C)C)c(C(C)CCC)c1. The summed E-state index contributed by atoms with van der Waals surface area (Å²) >= 11 is 4.44. The van der Waals surface area contributed by atoms with Crippen molar-refractivity contribution in [1.82, 2.24) is 0 Å². The Bertz CT molecular complexity index is 529. The molecule has 0 fully saturated rings. The predicted octanol–water partition coefficient (Wildman–Crippen LogP) is 6.27. The van der Waals surface area contributed by atoms with E-state index in [-0.39, 0.29) is 0 Å². The van der Waals surface area contributed by atoms with Gasteiger partial charge in [0, 0.05) is 0 Å². The maximum atomic E-state index is 3.78. The van der Waals surface area contributed by atoms with Crippen LogP contribution in [0.5, 0.6) is 0 Å². The normalized spacial score (nSPS) is 13.2. The third kappa shape index (κ3) is 5.95. The second-order valence-corrected chi connectivity index (χ2v) is 7.48. The predicted molar refractivity (Wildman–Crippen MR) is 98.9 cm³/mol. The fraction of sp³-hybridized carbons (Fsp3) is 0.450. The monoisotopic (exact) mass is 351 g/mol. The van der Waals surface area contributed by atoms with E-state index in [2.05, 4.69) is 80.3 Å². The van der Waals surface area contributed by atoms with Crippen molar-refractivity contribution in [1.29, 1.82) is 0 Å². The van der Waals surface area contributed by atoms with Crippen LogP contribution in [0.15, 0.2) is 47.4 Å². The molecule has 0 N–H and O–H groups in total. The number of rotatable bonds is 9. The molecule has 1 aromatic carbocycles. The molecule has 0 saturated heterocycles. The first-order valence-corrected chi connectivity index (χ1v) is 9.88. The summed E-state index contributed by atoms with van der Waals surface area (Å²) in [7, 11) is 0. The van der Waals surface area contributed by atoms with Gasteiger partial charge in [0.2, 0.25) is 0 Å². The molecule has 0 aromatic heterocycles. The second kappa shape index (κ2) is 10.3. The first kappa shape index (κ1) is 19.6. The number of hydrogen-bond donors (Lipinski definition) is 0. The van der Waals surface area contributed by atoms with Gasteiger partial charge in [-0.05, 0) is 0 Å². The van der Waals surface area contributed by atoms with E-state index in [4.69, 9.17) is 0 Å². The average molecular weight is 351 g/mol. The van der Waals surface area contributed by atoms with Crippen LogP contribution >= 0.6 is 11.8 Å². The molecule has 1 atom stereocenters. The van der Waals surface area contributed by atoms with E-state index in [1.54, 1.807) is 0 Å². The zero-order chi connectivity index (χ0) is 16.5.